The van der Waals surface area contributed by atoms with Crippen LogP contribution >= 0.6 is 11.8 Å². The summed E-state index contributed by atoms with van der Waals surface area (Å²) >= 11 is 1.31. The largest absolute Gasteiger partial charge is 0.349 e. The number of amides is 1. The average molecular weight is 410 g/mol. The molecule has 0 aliphatic carbocycles. The topological polar surface area (TPSA) is 64.0 Å². The van der Waals surface area contributed by atoms with Gasteiger partial charge in [0.25, 0.3) is 5.56 Å². The Hall–Kier alpha value is -2.60. The van der Waals surface area contributed by atoms with Crippen LogP contribution in [0.2, 0.25) is 0 Å². The fourth-order valence-corrected chi connectivity index (χ4v) is 4.05. The molecule has 1 aromatic heterocycles. The van der Waals surface area contributed by atoms with Gasteiger partial charge in [-0.05, 0) is 43.0 Å². The molecule has 1 heterocycles. The number of fused-ring (bicyclic) bond motifs is 1. The minimum Gasteiger partial charge on any atom is -0.349 e. The molecule has 1 atom stereocenters. The Morgan fingerprint density at radius 2 is 1.86 bits per heavy atom. The normalized spacial score (nSPS) is 12.1. The van der Waals surface area contributed by atoms with Crippen LogP contribution in [0.1, 0.15) is 44.4 Å². The van der Waals surface area contributed by atoms with E-state index in [0.717, 1.165) is 18.4 Å². The molecule has 1 amide bonds. The highest BCUT2D eigenvalue weighted by Gasteiger charge is 2.14. The van der Waals surface area contributed by atoms with E-state index in [-0.39, 0.29) is 23.3 Å². The Morgan fingerprint density at radius 3 is 2.55 bits per heavy atom. The molecule has 5 nitrogen and oxygen atoms in total. The van der Waals surface area contributed by atoms with Gasteiger partial charge in [-0.25, -0.2) is 4.98 Å². The maximum atomic E-state index is 12.8. The van der Waals surface area contributed by atoms with Gasteiger partial charge in [-0.2, -0.15) is 0 Å². The maximum absolute atomic E-state index is 12.8. The average Bonchev–Trinajstić information content (AvgIpc) is 2.74. The molecule has 0 aliphatic heterocycles. The number of aromatic nitrogens is 2. The summed E-state index contributed by atoms with van der Waals surface area (Å²) in [6, 6.07) is 15.6. The number of rotatable bonds is 8. The second-order valence-electron chi connectivity index (χ2n) is 7.04. The first-order chi connectivity index (χ1) is 14.0. The molecule has 29 heavy (non-hydrogen) atoms. The number of aryl methyl sites for hydroxylation is 1. The molecule has 0 saturated carbocycles. The number of carbonyl (C=O) groups excluding carboxylic acids is 1. The fraction of sp³-hybridized carbons (Fsp3) is 0.348. The van der Waals surface area contributed by atoms with Gasteiger partial charge in [0.05, 0.1) is 22.7 Å². The van der Waals surface area contributed by atoms with Gasteiger partial charge < -0.3 is 5.32 Å². The van der Waals surface area contributed by atoms with Gasteiger partial charge in [-0.1, -0.05) is 62.0 Å². The molecular weight excluding hydrogens is 382 g/mol. The van der Waals surface area contributed by atoms with Gasteiger partial charge in [0.1, 0.15) is 0 Å². The Kier molecular flexibility index (Phi) is 7.09. The van der Waals surface area contributed by atoms with Crippen molar-refractivity contribution in [3.63, 3.8) is 0 Å². The summed E-state index contributed by atoms with van der Waals surface area (Å²) in [5.74, 6) is 0.138. The molecule has 1 unspecified atom stereocenters. The van der Waals surface area contributed by atoms with Crippen molar-refractivity contribution in [1.82, 2.24) is 14.9 Å². The molecule has 0 bridgehead atoms. The van der Waals surface area contributed by atoms with Crippen molar-refractivity contribution in [1.29, 1.82) is 0 Å². The Bertz CT molecular complexity index is 1040. The number of benzene rings is 2. The van der Waals surface area contributed by atoms with Crippen LogP contribution in [-0.4, -0.2) is 21.2 Å². The van der Waals surface area contributed by atoms with Crippen molar-refractivity contribution >= 4 is 28.6 Å². The van der Waals surface area contributed by atoms with Crippen LogP contribution in [0.5, 0.6) is 0 Å². The number of para-hydroxylation sites is 1. The lowest BCUT2D eigenvalue weighted by Crippen LogP contribution is -2.29. The zero-order valence-corrected chi connectivity index (χ0v) is 18.0. The molecular formula is C23H27N3O2S. The molecule has 2 aromatic carbocycles. The molecule has 0 aliphatic rings. The Balaban J connectivity index is 1.71. The van der Waals surface area contributed by atoms with Crippen molar-refractivity contribution in [2.45, 2.75) is 51.4 Å². The molecule has 0 saturated heterocycles. The van der Waals surface area contributed by atoms with E-state index in [1.807, 2.05) is 32.0 Å². The van der Waals surface area contributed by atoms with Gasteiger partial charge in [0, 0.05) is 6.54 Å². The summed E-state index contributed by atoms with van der Waals surface area (Å²) in [7, 11) is 0. The predicted molar refractivity (Wildman–Crippen MR) is 119 cm³/mol. The van der Waals surface area contributed by atoms with Gasteiger partial charge in [-0.3, -0.25) is 14.2 Å². The standard InChI is InChI=1S/C23H27N3O2S/c1-4-14-26-22(28)19-8-6-7-9-20(19)25-23(26)29-15-21(27)24-16(3)18-12-10-17(5-2)11-13-18/h6-13,16H,4-5,14-15H2,1-3H3,(H,24,27). The third-order valence-corrected chi connectivity index (χ3v) is 5.85. The summed E-state index contributed by atoms with van der Waals surface area (Å²) in [4.78, 5) is 29.9. The van der Waals surface area contributed by atoms with Crippen molar-refractivity contribution in [2.24, 2.45) is 0 Å². The minimum atomic E-state index is -0.0764. The molecule has 152 valence electrons. The van der Waals surface area contributed by atoms with Crippen LogP contribution in [-0.2, 0) is 17.8 Å². The molecule has 3 rings (SSSR count). The molecule has 0 radical (unpaired) electrons. The van der Waals surface area contributed by atoms with Crippen molar-refractivity contribution in [3.05, 3.63) is 70.0 Å². The van der Waals surface area contributed by atoms with Crippen molar-refractivity contribution in [2.75, 3.05) is 5.75 Å². The van der Waals surface area contributed by atoms with E-state index in [0.29, 0.717) is 22.6 Å². The minimum absolute atomic E-state index is 0.0512. The van der Waals surface area contributed by atoms with E-state index in [9.17, 15) is 9.59 Å². The quantitative estimate of drug-likeness (QED) is 0.444. The lowest BCUT2D eigenvalue weighted by Gasteiger charge is -2.16. The highest BCUT2D eigenvalue weighted by Crippen LogP contribution is 2.19. The van der Waals surface area contributed by atoms with E-state index >= 15 is 0 Å². The van der Waals surface area contributed by atoms with E-state index in [1.54, 1.807) is 10.6 Å². The number of hydrogen-bond acceptors (Lipinski definition) is 4. The number of carbonyl (C=O) groups is 1. The smallest absolute Gasteiger partial charge is 0.262 e. The van der Waals surface area contributed by atoms with Crippen LogP contribution < -0.4 is 10.9 Å². The van der Waals surface area contributed by atoms with Crippen LogP contribution in [0.25, 0.3) is 10.9 Å². The summed E-state index contributed by atoms with van der Waals surface area (Å²) in [5, 5.41) is 4.23. The lowest BCUT2D eigenvalue weighted by atomic mass is 10.1. The summed E-state index contributed by atoms with van der Waals surface area (Å²) in [6.07, 6.45) is 1.82. The fourth-order valence-electron chi connectivity index (χ4n) is 3.22. The third kappa shape index (κ3) is 5.07. The first-order valence-electron chi connectivity index (χ1n) is 10.0. The highest BCUT2D eigenvalue weighted by atomic mass is 32.2. The highest BCUT2D eigenvalue weighted by molar-refractivity contribution is 7.99. The molecule has 1 N–H and O–H groups in total. The van der Waals surface area contributed by atoms with E-state index in [1.165, 1.54) is 17.3 Å². The van der Waals surface area contributed by atoms with Crippen LogP contribution in [0.15, 0.2) is 58.5 Å². The summed E-state index contributed by atoms with van der Waals surface area (Å²) in [6.45, 7) is 6.70. The summed E-state index contributed by atoms with van der Waals surface area (Å²) in [5.41, 5.74) is 2.97. The first-order valence-corrected chi connectivity index (χ1v) is 11.0. The van der Waals surface area contributed by atoms with Crippen molar-refractivity contribution < 1.29 is 4.79 Å². The van der Waals surface area contributed by atoms with Gasteiger partial charge >= 0.3 is 0 Å². The SMILES string of the molecule is CCCn1c(SCC(=O)NC(C)c2ccc(CC)cc2)nc2ccccc2c1=O. The van der Waals surface area contributed by atoms with Gasteiger partial charge in [-0.15, -0.1) is 0 Å². The molecule has 0 spiro atoms. The monoisotopic (exact) mass is 409 g/mol. The number of nitrogens with one attached hydrogen (secondary N) is 1. The summed E-state index contributed by atoms with van der Waals surface area (Å²) < 4.78 is 1.67. The number of nitrogens with zero attached hydrogens (tertiary/aromatic N) is 2. The van der Waals surface area contributed by atoms with Crippen molar-refractivity contribution in [3.8, 4) is 0 Å². The van der Waals surface area contributed by atoms with Gasteiger partial charge in [0.15, 0.2) is 5.16 Å². The second kappa shape index (κ2) is 9.74. The predicted octanol–water partition coefficient (Wildman–Crippen LogP) is 4.34. The van der Waals surface area contributed by atoms with Crippen LogP contribution in [0.4, 0.5) is 0 Å². The van der Waals surface area contributed by atoms with E-state index in [4.69, 9.17) is 0 Å². The zero-order chi connectivity index (χ0) is 20.8. The second-order valence-corrected chi connectivity index (χ2v) is 7.98. The van der Waals surface area contributed by atoms with Crippen LogP contribution in [0, 0.1) is 0 Å². The third-order valence-electron chi connectivity index (χ3n) is 4.87. The molecule has 0 fully saturated rings. The van der Waals surface area contributed by atoms with Crippen LogP contribution in [0.3, 0.4) is 0 Å². The lowest BCUT2D eigenvalue weighted by molar-refractivity contribution is -0.119. The zero-order valence-electron chi connectivity index (χ0n) is 17.1. The van der Waals surface area contributed by atoms with E-state index < -0.39 is 0 Å². The number of hydrogen-bond donors (Lipinski definition) is 1. The molecule has 6 heteroatoms. The molecule has 3 aromatic rings. The van der Waals surface area contributed by atoms with E-state index in [2.05, 4.69) is 41.5 Å². The first kappa shape index (κ1) is 21.1. The van der Waals surface area contributed by atoms with Gasteiger partial charge in [0.2, 0.25) is 5.91 Å². The Labute approximate surface area is 175 Å². The maximum Gasteiger partial charge on any atom is 0.262 e. The Morgan fingerprint density at radius 1 is 1.14 bits per heavy atom. The number of thioether (sulfide) groups is 1.